The van der Waals surface area contributed by atoms with E-state index in [0.717, 1.165) is 0 Å². The highest BCUT2D eigenvalue weighted by atomic mass is 16.5. The van der Waals surface area contributed by atoms with Crippen molar-refractivity contribution in [3.05, 3.63) is 24.7 Å². The lowest BCUT2D eigenvalue weighted by Crippen LogP contribution is -2.15. The van der Waals surface area contributed by atoms with Gasteiger partial charge in [0, 0.05) is 6.08 Å². The van der Waals surface area contributed by atoms with E-state index in [2.05, 4.69) is 6.58 Å². The quantitative estimate of drug-likeness (QED) is 0.461. The third-order valence-electron chi connectivity index (χ3n) is 0.938. The Bertz CT molecular complexity index is 151. The van der Waals surface area contributed by atoms with E-state index in [1.165, 1.54) is 0 Å². The van der Waals surface area contributed by atoms with Crippen LogP contribution in [0.25, 0.3) is 0 Å². The minimum Gasteiger partial charge on any atom is -0.497 e. The maximum atomic E-state index is 5.28. The molecule has 11 heavy (non-hydrogen) atoms. The Morgan fingerprint density at radius 3 is 2.27 bits per heavy atom. The number of allylic oxidation sites excluding steroid dienone is 1. The number of hydrogen-bond acceptors (Lipinski definition) is 2. The van der Waals surface area contributed by atoms with Crippen molar-refractivity contribution in [2.45, 2.75) is 26.4 Å². The fourth-order valence-corrected chi connectivity index (χ4v) is 0.382. The first-order chi connectivity index (χ1) is 4.95. The lowest BCUT2D eigenvalue weighted by molar-refractivity contribution is 0.0760. The van der Waals surface area contributed by atoms with Crippen molar-refractivity contribution < 1.29 is 9.47 Å². The molecule has 0 aliphatic rings. The van der Waals surface area contributed by atoms with Crippen molar-refractivity contribution in [1.29, 1.82) is 0 Å². The standard InChI is InChI=1S/C9H16O2/c1-8(10-5)6-7-11-9(2,3)4/h6-7H,1H2,2-5H3/b7-6+. The summed E-state index contributed by atoms with van der Waals surface area (Å²) in [5.74, 6) is 0.592. The Morgan fingerprint density at radius 2 is 1.91 bits per heavy atom. The van der Waals surface area contributed by atoms with Crippen molar-refractivity contribution in [3.63, 3.8) is 0 Å². The lowest BCUT2D eigenvalue weighted by Gasteiger charge is -2.17. The highest BCUT2D eigenvalue weighted by Gasteiger charge is 2.06. The van der Waals surface area contributed by atoms with E-state index in [-0.39, 0.29) is 5.60 Å². The van der Waals surface area contributed by atoms with Gasteiger partial charge in [0.15, 0.2) is 0 Å². The highest BCUT2D eigenvalue weighted by molar-refractivity contribution is 5.04. The molecule has 0 aromatic rings. The van der Waals surface area contributed by atoms with Crippen LogP contribution < -0.4 is 0 Å². The van der Waals surface area contributed by atoms with Gasteiger partial charge >= 0.3 is 0 Å². The minimum absolute atomic E-state index is 0.148. The summed E-state index contributed by atoms with van der Waals surface area (Å²) in [6.45, 7) is 9.54. The van der Waals surface area contributed by atoms with E-state index >= 15 is 0 Å². The van der Waals surface area contributed by atoms with Crippen LogP contribution in [0.5, 0.6) is 0 Å². The van der Waals surface area contributed by atoms with Crippen LogP contribution in [0.4, 0.5) is 0 Å². The van der Waals surface area contributed by atoms with Gasteiger partial charge in [0.1, 0.15) is 5.76 Å². The van der Waals surface area contributed by atoms with E-state index in [1.54, 1.807) is 19.4 Å². The van der Waals surface area contributed by atoms with Crippen LogP contribution >= 0.6 is 0 Å². The van der Waals surface area contributed by atoms with Crippen molar-refractivity contribution in [2.24, 2.45) is 0 Å². The van der Waals surface area contributed by atoms with Crippen LogP contribution in [0.3, 0.4) is 0 Å². The largest absolute Gasteiger partial charge is 0.497 e. The van der Waals surface area contributed by atoms with Crippen molar-refractivity contribution >= 4 is 0 Å². The van der Waals surface area contributed by atoms with E-state index in [0.29, 0.717) is 5.76 Å². The van der Waals surface area contributed by atoms with Crippen LogP contribution in [0.1, 0.15) is 20.8 Å². The molecule has 0 aromatic carbocycles. The Kier molecular flexibility index (Phi) is 3.72. The van der Waals surface area contributed by atoms with Gasteiger partial charge in [-0.3, -0.25) is 0 Å². The molecule has 0 aliphatic carbocycles. The molecule has 0 N–H and O–H groups in total. The van der Waals surface area contributed by atoms with Crippen LogP contribution in [0.15, 0.2) is 24.7 Å². The van der Waals surface area contributed by atoms with Gasteiger partial charge in [-0.25, -0.2) is 0 Å². The Hall–Kier alpha value is -0.920. The molecule has 0 bridgehead atoms. The third kappa shape index (κ3) is 6.97. The second-order valence-electron chi connectivity index (χ2n) is 3.20. The molecule has 2 nitrogen and oxygen atoms in total. The molecule has 0 radical (unpaired) electrons. The van der Waals surface area contributed by atoms with Crippen molar-refractivity contribution in [1.82, 2.24) is 0 Å². The summed E-state index contributed by atoms with van der Waals surface area (Å²) in [6.07, 6.45) is 3.27. The molecule has 0 aliphatic heterocycles. The predicted octanol–water partition coefficient (Wildman–Crippen LogP) is 2.48. The molecule has 0 heterocycles. The van der Waals surface area contributed by atoms with Gasteiger partial charge in [-0.2, -0.15) is 0 Å². The number of hydrogen-bond donors (Lipinski definition) is 0. The molecule has 0 aromatic heterocycles. The van der Waals surface area contributed by atoms with E-state index in [4.69, 9.17) is 9.47 Å². The van der Waals surface area contributed by atoms with Gasteiger partial charge in [0.05, 0.1) is 19.0 Å². The average Bonchev–Trinajstić information content (AvgIpc) is 1.85. The maximum Gasteiger partial charge on any atom is 0.114 e. The molecule has 2 heteroatoms. The normalized spacial score (nSPS) is 11.6. The molecule has 0 fully saturated rings. The van der Waals surface area contributed by atoms with E-state index in [1.807, 2.05) is 20.8 Å². The van der Waals surface area contributed by atoms with E-state index < -0.39 is 0 Å². The zero-order chi connectivity index (χ0) is 8.91. The molecule has 0 saturated carbocycles. The molecule has 0 atom stereocenters. The van der Waals surface area contributed by atoms with Crippen LogP contribution in [0.2, 0.25) is 0 Å². The number of ether oxygens (including phenoxy) is 2. The second-order valence-corrected chi connectivity index (χ2v) is 3.20. The van der Waals surface area contributed by atoms with Crippen LogP contribution in [-0.2, 0) is 9.47 Å². The fourth-order valence-electron chi connectivity index (χ4n) is 0.382. The summed E-state index contributed by atoms with van der Waals surface area (Å²) in [5.41, 5.74) is -0.148. The van der Waals surface area contributed by atoms with Gasteiger partial charge in [0.25, 0.3) is 0 Å². The topological polar surface area (TPSA) is 18.5 Å². The predicted molar refractivity (Wildman–Crippen MR) is 46.1 cm³/mol. The Morgan fingerprint density at radius 1 is 1.36 bits per heavy atom. The summed E-state index contributed by atoms with van der Waals surface area (Å²) in [6, 6.07) is 0. The first-order valence-corrected chi connectivity index (χ1v) is 3.53. The molecule has 0 unspecified atom stereocenters. The first-order valence-electron chi connectivity index (χ1n) is 3.53. The molecular weight excluding hydrogens is 140 g/mol. The summed E-state index contributed by atoms with van der Waals surface area (Å²) < 4.78 is 10.1. The molecule has 0 amide bonds. The summed E-state index contributed by atoms with van der Waals surface area (Å²) >= 11 is 0. The molecule has 0 spiro atoms. The first kappa shape index (κ1) is 10.1. The maximum absolute atomic E-state index is 5.28. The molecule has 0 saturated heterocycles. The minimum atomic E-state index is -0.148. The summed E-state index contributed by atoms with van der Waals surface area (Å²) in [5, 5.41) is 0. The van der Waals surface area contributed by atoms with Crippen LogP contribution in [-0.4, -0.2) is 12.7 Å². The second kappa shape index (κ2) is 4.06. The summed E-state index contributed by atoms with van der Waals surface area (Å²) in [7, 11) is 1.57. The van der Waals surface area contributed by atoms with Gasteiger partial charge in [-0.15, -0.1) is 0 Å². The van der Waals surface area contributed by atoms with Crippen LogP contribution in [0, 0.1) is 0 Å². The number of methoxy groups -OCH3 is 1. The van der Waals surface area contributed by atoms with Crippen molar-refractivity contribution in [3.8, 4) is 0 Å². The van der Waals surface area contributed by atoms with Gasteiger partial charge in [-0.05, 0) is 20.8 Å². The van der Waals surface area contributed by atoms with Crippen molar-refractivity contribution in [2.75, 3.05) is 7.11 Å². The third-order valence-corrected chi connectivity index (χ3v) is 0.938. The molecule has 0 rings (SSSR count). The summed E-state index contributed by atoms with van der Waals surface area (Å²) in [4.78, 5) is 0. The smallest absolute Gasteiger partial charge is 0.114 e. The molecular formula is C9H16O2. The fraction of sp³-hybridized carbons (Fsp3) is 0.556. The zero-order valence-corrected chi connectivity index (χ0v) is 7.68. The highest BCUT2D eigenvalue weighted by Crippen LogP contribution is 2.07. The average molecular weight is 156 g/mol. The number of rotatable bonds is 3. The molecule has 64 valence electrons. The van der Waals surface area contributed by atoms with Gasteiger partial charge in [0.2, 0.25) is 0 Å². The zero-order valence-electron chi connectivity index (χ0n) is 7.68. The monoisotopic (exact) mass is 156 g/mol. The van der Waals surface area contributed by atoms with Gasteiger partial charge < -0.3 is 9.47 Å². The van der Waals surface area contributed by atoms with E-state index in [9.17, 15) is 0 Å². The Labute approximate surface area is 68.5 Å². The lowest BCUT2D eigenvalue weighted by atomic mass is 10.2. The van der Waals surface area contributed by atoms with Gasteiger partial charge in [-0.1, -0.05) is 6.58 Å². The SMILES string of the molecule is C=C(/C=C/OC(C)(C)C)OC. The Balaban J connectivity index is 3.70.